The lowest BCUT2D eigenvalue weighted by atomic mass is 10.1. The normalized spacial score (nSPS) is 11.2. The smallest absolute Gasteiger partial charge is 0.351 e. The van der Waals surface area contributed by atoms with E-state index in [0.29, 0.717) is 16.9 Å². The summed E-state index contributed by atoms with van der Waals surface area (Å²) in [5, 5.41) is 9.26. The molecule has 0 atom stereocenters. The molecular weight excluding hydrogens is 356 g/mol. The van der Waals surface area contributed by atoms with Crippen LogP contribution in [0.3, 0.4) is 0 Å². The molecular formula is C18H12N2O3S2. The minimum absolute atomic E-state index is 0.0765. The number of nitrogens with zero attached hydrogens (tertiary/aromatic N) is 2. The van der Waals surface area contributed by atoms with Gasteiger partial charge in [-0.05, 0) is 36.4 Å². The number of nitriles is 1. The van der Waals surface area contributed by atoms with Gasteiger partial charge in [0.2, 0.25) is 0 Å². The number of thiazole rings is 1. The third-order valence-corrected chi connectivity index (χ3v) is 4.54. The quantitative estimate of drug-likeness (QED) is 0.427. The molecule has 0 aliphatic carbocycles. The van der Waals surface area contributed by atoms with Crippen molar-refractivity contribution in [3.8, 4) is 17.0 Å². The highest BCUT2D eigenvalue weighted by Gasteiger charge is 2.14. The Bertz CT molecular complexity index is 986. The summed E-state index contributed by atoms with van der Waals surface area (Å²) >= 11 is 5.48. The van der Waals surface area contributed by atoms with E-state index in [0.717, 1.165) is 10.2 Å². The first-order chi connectivity index (χ1) is 12.1. The molecule has 1 heterocycles. The van der Waals surface area contributed by atoms with Crippen LogP contribution in [0.15, 0.2) is 47.4 Å². The zero-order valence-corrected chi connectivity index (χ0v) is 14.8. The molecule has 0 bridgehead atoms. The van der Waals surface area contributed by atoms with Gasteiger partial charge in [-0.1, -0.05) is 23.5 Å². The molecule has 0 aliphatic rings. The van der Waals surface area contributed by atoms with E-state index in [1.165, 1.54) is 24.5 Å². The summed E-state index contributed by atoms with van der Waals surface area (Å²) in [6.45, 7) is 0. The molecule has 7 heteroatoms. The average molecular weight is 368 g/mol. The first-order valence-electron chi connectivity index (χ1n) is 7.17. The van der Waals surface area contributed by atoms with Crippen LogP contribution in [0.5, 0.6) is 10.9 Å². The van der Waals surface area contributed by atoms with Crippen LogP contribution in [-0.2, 0) is 4.79 Å². The number of para-hydroxylation sites is 1. The number of methoxy groups -OCH3 is 1. The van der Waals surface area contributed by atoms with Gasteiger partial charge in [0.1, 0.15) is 5.75 Å². The molecule has 0 spiro atoms. The van der Waals surface area contributed by atoms with Crippen LogP contribution in [-0.4, -0.2) is 18.1 Å². The van der Waals surface area contributed by atoms with E-state index in [1.54, 1.807) is 18.2 Å². The van der Waals surface area contributed by atoms with Crippen LogP contribution in [0.2, 0.25) is 0 Å². The summed E-state index contributed by atoms with van der Waals surface area (Å²) < 4.78 is 11.4. The Morgan fingerprint density at radius 1 is 1.32 bits per heavy atom. The fraction of sp³-hybridized carbons (Fsp3) is 0.0556. The van der Waals surface area contributed by atoms with Gasteiger partial charge < -0.3 is 9.47 Å². The predicted octanol–water partition coefficient (Wildman–Crippen LogP) is 4.05. The van der Waals surface area contributed by atoms with Crippen molar-refractivity contribution in [3.63, 3.8) is 0 Å². The first-order valence-corrected chi connectivity index (χ1v) is 8.43. The Labute approximate surface area is 153 Å². The molecule has 0 unspecified atom stereocenters. The maximum Gasteiger partial charge on any atom is 0.351 e. The molecule has 5 nitrogen and oxygen atoms in total. The van der Waals surface area contributed by atoms with Crippen LogP contribution in [0.25, 0.3) is 16.3 Å². The summed E-state index contributed by atoms with van der Waals surface area (Å²) in [5.74, 6) is -0.106. The molecule has 1 aromatic heterocycles. The van der Waals surface area contributed by atoms with E-state index < -0.39 is 5.97 Å². The number of hydrogen-bond donors (Lipinski definition) is 1. The van der Waals surface area contributed by atoms with Gasteiger partial charge in [-0.2, -0.15) is 5.26 Å². The molecule has 0 aliphatic heterocycles. The van der Waals surface area contributed by atoms with Crippen molar-refractivity contribution in [2.45, 2.75) is 0 Å². The standard InChI is InChI=1S/C18H12N2O3S2/c1-22-14-7-6-11(10-19)8-12(14)9-15(24)17(21)23-18-20-13-4-2-3-5-16(13)25-18/h2-9,24H,1H3. The number of hydrogen-bond acceptors (Lipinski definition) is 7. The van der Waals surface area contributed by atoms with Gasteiger partial charge in [-0.25, -0.2) is 9.78 Å². The Balaban J connectivity index is 1.84. The van der Waals surface area contributed by atoms with Gasteiger partial charge in [0.15, 0.2) is 0 Å². The SMILES string of the molecule is COc1ccc(C#N)cc1C=C(S)C(=O)Oc1nc2ccccc2s1. The summed E-state index contributed by atoms with van der Waals surface area (Å²) in [7, 11) is 1.51. The van der Waals surface area contributed by atoms with Crippen molar-refractivity contribution in [3.05, 3.63) is 58.5 Å². The van der Waals surface area contributed by atoms with Gasteiger partial charge in [0.25, 0.3) is 5.19 Å². The monoisotopic (exact) mass is 368 g/mol. The zero-order valence-electron chi connectivity index (χ0n) is 13.1. The number of fused-ring (bicyclic) bond motifs is 1. The molecule has 0 saturated heterocycles. The van der Waals surface area contributed by atoms with Crippen molar-refractivity contribution in [2.75, 3.05) is 7.11 Å². The van der Waals surface area contributed by atoms with Crippen LogP contribution in [0, 0.1) is 11.3 Å². The molecule has 3 aromatic rings. The number of carbonyl (C=O) groups excluding carboxylic acids is 1. The number of carbonyl (C=O) groups is 1. The summed E-state index contributed by atoms with van der Waals surface area (Å²) in [4.78, 5) is 16.6. The average Bonchev–Trinajstić information content (AvgIpc) is 3.03. The van der Waals surface area contributed by atoms with Crippen molar-refractivity contribution in [2.24, 2.45) is 0 Å². The number of ether oxygens (including phenoxy) is 2. The second-order valence-electron chi connectivity index (χ2n) is 4.94. The minimum Gasteiger partial charge on any atom is -0.496 e. The van der Waals surface area contributed by atoms with Crippen molar-refractivity contribution >= 4 is 46.2 Å². The highest BCUT2D eigenvalue weighted by Crippen LogP contribution is 2.29. The first kappa shape index (κ1) is 17.0. The molecule has 0 radical (unpaired) electrons. The van der Waals surface area contributed by atoms with Gasteiger partial charge in [-0.15, -0.1) is 12.6 Å². The third-order valence-electron chi connectivity index (χ3n) is 3.31. The van der Waals surface area contributed by atoms with Crippen LogP contribution in [0.4, 0.5) is 0 Å². The predicted molar refractivity (Wildman–Crippen MR) is 99.9 cm³/mol. The Kier molecular flexibility index (Phi) is 5.03. The van der Waals surface area contributed by atoms with Crippen molar-refractivity contribution in [1.29, 1.82) is 5.26 Å². The molecule has 0 amide bonds. The second kappa shape index (κ2) is 7.38. The van der Waals surface area contributed by atoms with Gasteiger partial charge >= 0.3 is 5.97 Å². The van der Waals surface area contributed by atoms with Crippen molar-refractivity contribution in [1.82, 2.24) is 4.98 Å². The number of aromatic nitrogens is 1. The minimum atomic E-state index is -0.633. The van der Waals surface area contributed by atoms with E-state index in [1.807, 2.05) is 30.3 Å². The fourth-order valence-corrected chi connectivity index (χ4v) is 3.15. The lowest BCUT2D eigenvalue weighted by Gasteiger charge is -2.06. The topological polar surface area (TPSA) is 72.2 Å². The third kappa shape index (κ3) is 3.82. The van der Waals surface area contributed by atoms with Crippen LogP contribution >= 0.6 is 24.0 Å². The molecule has 2 aromatic carbocycles. The zero-order chi connectivity index (χ0) is 17.8. The van der Waals surface area contributed by atoms with Gasteiger partial charge in [-0.3, -0.25) is 0 Å². The number of rotatable bonds is 4. The highest BCUT2D eigenvalue weighted by atomic mass is 32.1. The van der Waals surface area contributed by atoms with E-state index >= 15 is 0 Å². The van der Waals surface area contributed by atoms with Crippen LogP contribution < -0.4 is 9.47 Å². The van der Waals surface area contributed by atoms with Gasteiger partial charge in [0.05, 0.1) is 33.9 Å². The van der Waals surface area contributed by atoms with Crippen molar-refractivity contribution < 1.29 is 14.3 Å². The Hall–Kier alpha value is -2.82. The maximum atomic E-state index is 12.2. The van der Waals surface area contributed by atoms with E-state index in [4.69, 9.17) is 14.7 Å². The summed E-state index contributed by atoms with van der Waals surface area (Å²) in [6.07, 6.45) is 1.50. The fourth-order valence-electron chi connectivity index (χ4n) is 2.15. The second-order valence-corrected chi connectivity index (χ2v) is 6.41. The number of benzene rings is 2. The molecule has 0 saturated carbocycles. The Morgan fingerprint density at radius 3 is 2.84 bits per heavy atom. The molecule has 0 fully saturated rings. The maximum absolute atomic E-state index is 12.2. The highest BCUT2D eigenvalue weighted by molar-refractivity contribution is 7.85. The summed E-state index contributed by atoms with van der Waals surface area (Å²) in [6, 6.07) is 14.5. The molecule has 124 valence electrons. The number of thiol groups is 1. The van der Waals surface area contributed by atoms with Crippen LogP contribution in [0.1, 0.15) is 11.1 Å². The lowest BCUT2D eigenvalue weighted by molar-refractivity contribution is -0.129. The van der Waals surface area contributed by atoms with E-state index in [-0.39, 0.29) is 10.1 Å². The lowest BCUT2D eigenvalue weighted by Crippen LogP contribution is -2.07. The molecule has 25 heavy (non-hydrogen) atoms. The Morgan fingerprint density at radius 2 is 2.12 bits per heavy atom. The number of esters is 1. The van der Waals surface area contributed by atoms with E-state index in [9.17, 15) is 4.79 Å². The van der Waals surface area contributed by atoms with Gasteiger partial charge in [0, 0.05) is 5.56 Å². The molecule has 0 N–H and O–H groups in total. The van der Waals surface area contributed by atoms with E-state index in [2.05, 4.69) is 17.6 Å². The summed E-state index contributed by atoms with van der Waals surface area (Å²) in [5.41, 5.74) is 1.78. The largest absolute Gasteiger partial charge is 0.496 e. The molecule has 3 rings (SSSR count).